The van der Waals surface area contributed by atoms with Gasteiger partial charge in [0.1, 0.15) is 0 Å². The summed E-state index contributed by atoms with van der Waals surface area (Å²) in [5.41, 5.74) is 2.35. The summed E-state index contributed by atoms with van der Waals surface area (Å²) in [4.78, 5) is 27.0. The van der Waals surface area contributed by atoms with Crippen LogP contribution in [-0.4, -0.2) is 47.7 Å². The number of nitrogens with one attached hydrogen (secondary N) is 1. The summed E-state index contributed by atoms with van der Waals surface area (Å²) in [5.74, 6) is -0.397. The minimum absolute atomic E-state index is 0.0203. The predicted molar refractivity (Wildman–Crippen MR) is 157 cm³/mol. The maximum atomic E-state index is 13.6. The van der Waals surface area contributed by atoms with Crippen molar-refractivity contribution in [3.63, 3.8) is 0 Å². The van der Waals surface area contributed by atoms with E-state index in [4.69, 9.17) is 9.31 Å². The Labute approximate surface area is 239 Å². The molecule has 1 heterocycles. The van der Waals surface area contributed by atoms with Gasteiger partial charge in [0.2, 0.25) is 5.91 Å². The number of hydrogen-bond donors (Lipinski definition) is 2. The molecule has 7 atom stereocenters. The summed E-state index contributed by atoms with van der Waals surface area (Å²) < 4.78 is 13.2. The summed E-state index contributed by atoms with van der Waals surface area (Å²) in [7, 11) is -0.551. The molecule has 0 radical (unpaired) electrons. The Kier molecular flexibility index (Phi) is 8.04. The third-order valence-electron chi connectivity index (χ3n) is 9.97. The van der Waals surface area contributed by atoms with Crippen molar-refractivity contribution in [2.75, 3.05) is 0 Å². The number of hydrogen-bond acceptors (Lipinski definition) is 5. The second kappa shape index (κ2) is 11.1. The minimum Gasteiger partial charge on any atom is -0.404 e. The molecule has 214 valence electrons. The van der Waals surface area contributed by atoms with Gasteiger partial charge < -0.3 is 19.7 Å². The quantitative estimate of drug-likeness (QED) is 0.295. The largest absolute Gasteiger partial charge is 0.481 e. The average molecular weight is 546 g/mol. The Balaban J connectivity index is 1.29. The zero-order valence-electron chi connectivity index (χ0n) is 24.7. The first-order valence-corrected chi connectivity index (χ1v) is 14.9. The number of aliphatic hydroxyl groups excluding tert-OH is 1. The van der Waals surface area contributed by atoms with E-state index in [-0.39, 0.29) is 41.2 Å². The van der Waals surface area contributed by atoms with E-state index < -0.39 is 19.1 Å². The SMILES string of the molecule is CC(C)C[C@H](NC(=O)[C@@H](CC(=O)c1cccc(-c2ccccc2)c1)[C@@H](C)O)B1O[C@@H]2C[C@H]3C[C@H](C3(C)C)[C@]2(C)O1. The van der Waals surface area contributed by atoms with Crippen LogP contribution in [0.4, 0.5) is 0 Å². The smallest absolute Gasteiger partial charge is 0.404 e. The van der Waals surface area contributed by atoms with Crippen LogP contribution in [-0.2, 0) is 14.1 Å². The highest BCUT2D eigenvalue weighted by Crippen LogP contribution is 2.65. The molecule has 0 aromatic heterocycles. The number of aliphatic hydroxyl groups is 1. The number of Topliss-reactive ketones (excluding diaryl/α,β-unsaturated/α-hetero) is 1. The average Bonchev–Trinajstić information content (AvgIpc) is 3.28. The molecule has 7 heteroatoms. The molecule has 3 saturated carbocycles. The first kappa shape index (κ1) is 29.0. The lowest BCUT2D eigenvalue weighted by atomic mass is 9.43. The van der Waals surface area contributed by atoms with Gasteiger partial charge in [0.25, 0.3) is 0 Å². The van der Waals surface area contributed by atoms with E-state index in [1.807, 2.05) is 48.5 Å². The Morgan fingerprint density at radius 2 is 1.73 bits per heavy atom. The molecule has 2 bridgehead atoms. The van der Waals surface area contributed by atoms with Crippen molar-refractivity contribution < 1.29 is 24.0 Å². The molecular weight excluding hydrogens is 501 g/mol. The molecule has 4 fully saturated rings. The Hall–Kier alpha value is -2.48. The predicted octanol–water partition coefficient (Wildman–Crippen LogP) is 5.72. The molecule has 0 spiro atoms. The van der Waals surface area contributed by atoms with E-state index in [1.165, 1.54) is 0 Å². The van der Waals surface area contributed by atoms with Crippen LogP contribution in [0.1, 0.15) is 77.6 Å². The summed E-state index contributed by atoms with van der Waals surface area (Å²) in [6.45, 7) is 12.6. The summed E-state index contributed by atoms with van der Waals surface area (Å²) >= 11 is 0. The monoisotopic (exact) mass is 545 g/mol. The molecule has 3 aliphatic carbocycles. The standard InChI is InChI=1S/C33H44BNO5/c1-20(2)15-30(34-39-29-18-25-17-28(32(25,4)5)33(29,6)40-34)35-31(38)26(21(3)36)19-27(37)24-14-10-13-23(16-24)22-11-8-7-9-12-22/h7-14,16,20-21,25-26,28-30,36H,15,17-19H2,1-6H3,(H,35,38)/t21-,25-,26+,28-,29-,30+,33+/m1/s1. The Morgan fingerprint density at radius 1 is 1.02 bits per heavy atom. The zero-order valence-corrected chi connectivity index (χ0v) is 24.7. The lowest BCUT2D eigenvalue weighted by molar-refractivity contribution is -0.199. The fraction of sp³-hybridized carbons (Fsp3) is 0.576. The van der Waals surface area contributed by atoms with E-state index >= 15 is 0 Å². The third kappa shape index (κ3) is 5.40. The van der Waals surface area contributed by atoms with Gasteiger partial charge in [-0.25, -0.2) is 0 Å². The summed E-state index contributed by atoms with van der Waals surface area (Å²) in [6, 6.07) is 17.3. The maximum Gasteiger partial charge on any atom is 0.481 e. The van der Waals surface area contributed by atoms with Crippen molar-refractivity contribution in [2.45, 2.75) is 91.0 Å². The number of rotatable bonds is 10. The van der Waals surface area contributed by atoms with Crippen molar-refractivity contribution in [1.82, 2.24) is 5.32 Å². The van der Waals surface area contributed by atoms with Crippen molar-refractivity contribution >= 4 is 18.8 Å². The second-order valence-electron chi connectivity index (χ2n) is 13.5. The van der Waals surface area contributed by atoms with Crippen LogP contribution in [0.3, 0.4) is 0 Å². The Morgan fingerprint density at radius 3 is 2.38 bits per heavy atom. The van der Waals surface area contributed by atoms with Crippen molar-refractivity contribution in [2.24, 2.45) is 29.1 Å². The first-order valence-electron chi connectivity index (χ1n) is 14.9. The molecule has 1 aliphatic heterocycles. The molecule has 6 rings (SSSR count). The molecule has 2 aromatic carbocycles. The normalized spacial score (nSPS) is 28.8. The van der Waals surface area contributed by atoms with Crippen LogP contribution in [0.25, 0.3) is 11.1 Å². The zero-order chi connectivity index (χ0) is 28.8. The van der Waals surface area contributed by atoms with Crippen molar-refractivity contribution in [3.8, 4) is 11.1 Å². The fourth-order valence-electron chi connectivity index (χ4n) is 7.41. The maximum absolute atomic E-state index is 13.6. The highest BCUT2D eigenvalue weighted by molar-refractivity contribution is 6.47. The topological polar surface area (TPSA) is 84.9 Å². The third-order valence-corrected chi connectivity index (χ3v) is 9.97. The number of ketones is 1. The highest BCUT2D eigenvalue weighted by atomic mass is 16.7. The molecule has 4 aliphatic rings. The number of carbonyl (C=O) groups is 2. The molecule has 1 saturated heterocycles. The van der Waals surface area contributed by atoms with E-state index in [0.717, 1.165) is 24.0 Å². The highest BCUT2D eigenvalue weighted by Gasteiger charge is 2.68. The van der Waals surface area contributed by atoms with Gasteiger partial charge in [0.15, 0.2) is 5.78 Å². The minimum atomic E-state index is -0.987. The molecule has 1 amide bonds. The molecule has 0 unspecified atom stereocenters. The molecule has 40 heavy (non-hydrogen) atoms. The van der Waals surface area contributed by atoms with Gasteiger partial charge in [-0.05, 0) is 73.5 Å². The lowest BCUT2D eigenvalue weighted by Crippen LogP contribution is -2.65. The van der Waals surface area contributed by atoms with Crippen LogP contribution < -0.4 is 5.32 Å². The van der Waals surface area contributed by atoms with E-state index in [9.17, 15) is 14.7 Å². The van der Waals surface area contributed by atoms with Gasteiger partial charge in [0, 0.05) is 12.0 Å². The Bertz CT molecular complexity index is 1230. The van der Waals surface area contributed by atoms with Gasteiger partial charge in [0.05, 0.1) is 29.7 Å². The van der Waals surface area contributed by atoms with E-state index in [0.29, 0.717) is 29.7 Å². The fourth-order valence-corrected chi connectivity index (χ4v) is 7.41. The van der Waals surface area contributed by atoms with Crippen molar-refractivity contribution in [3.05, 3.63) is 60.2 Å². The summed E-state index contributed by atoms with van der Waals surface area (Å²) in [5, 5.41) is 13.7. The van der Waals surface area contributed by atoms with Crippen LogP contribution in [0.2, 0.25) is 0 Å². The number of carbonyl (C=O) groups excluding carboxylic acids is 2. The van der Waals surface area contributed by atoms with E-state index in [2.05, 4.69) is 39.9 Å². The number of benzene rings is 2. The molecular formula is C33H44BNO5. The van der Waals surface area contributed by atoms with Crippen LogP contribution in [0.15, 0.2) is 54.6 Å². The van der Waals surface area contributed by atoms with Crippen LogP contribution >= 0.6 is 0 Å². The van der Waals surface area contributed by atoms with Crippen molar-refractivity contribution in [1.29, 1.82) is 0 Å². The molecule has 6 nitrogen and oxygen atoms in total. The van der Waals surface area contributed by atoms with Gasteiger partial charge in [-0.3, -0.25) is 9.59 Å². The molecule has 2 N–H and O–H groups in total. The van der Waals surface area contributed by atoms with Gasteiger partial charge in [-0.15, -0.1) is 0 Å². The first-order chi connectivity index (χ1) is 18.9. The van der Waals surface area contributed by atoms with Crippen LogP contribution in [0.5, 0.6) is 0 Å². The van der Waals surface area contributed by atoms with E-state index in [1.54, 1.807) is 13.0 Å². The molecule has 2 aromatic rings. The van der Waals surface area contributed by atoms with Gasteiger partial charge in [-0.1, -0.05) is 76.2 Å². The second-order valence-corrected chi connectivity index (χ2v) is 13.5. The van der Waals surface area contributed by atoms with Crippen LogP contribution in [0, 0.1) is 29.1 Å². The van der Waals surface area contributed by atoms with Gasteiger partial charge >= 0.3 is 7.12 Å². The lowest BCUT2D eigenvalue weighted by Gasteiger charge is -2.64. The number of amides is 1. The summed E-state index contributed by atoms with van der Waals surface area (Å²) in [6.07, 6.45) is 1.77. The van der Waals surface area contributed by atoms with Gasteiger partial charge in [-0.2, -0.15) is 0 Å².